The van der Waals surface area contributed by atoms with Crippen LogP contribution in [0.1, 0.15) is 17.0 Å². The fraction of sp³-hybridized carbons (Fsp3) is 0.231. The molecule has 1 heterocycles. The van der Waals surface area contributed by atoms with Crippen LogP contribution in [0.3, 0.4) is 0 Å². The molecule has 0 aliphatic heterocycles. The number of nitrogens with one attached hydrogen (secondary N) is 1. The van der Waals surface area contributed by atoms with E-state index in [0.717, 1.165) is 17.0 Å². The predicted molar refractivity (Wildman–Crippen MR) is 78.8 cm³/mol. The monoisotopic (exact) mass is 315 g/mol. The van der Waals surface area contributed by atoms with E-state index in [1.165, 1.54) is 0 Å². The molecule has 2 rings (SSSR count). The standard InChI is InChI=1S/C13H12Cl3N3/c1-8-4-19-9(6-18-8)5-17-7-10-11(14)2-3-12(15)13(10)16/h2-4,6,17H,5,7H2,1H3. The third kappa shape index (κ3) is 3.80. The zero-order chi connectivity index (χ0) is 13.8. The van der Waals surface area contributed by atoms with Crippen LogP contribution < -0.4 is 5.32 Å². The van der Waals surface area contributed by atoms with Gasteiger partial charge in [0.1, 0.15) is 0 Å². The molecule has 2 aromatic rings. The minimum absolute atomic E-state index is 0.483. The molecule has 6 heteroatoms. The van der Waals surface area contributed by atoms with Gasteiger partial charge < -0.3 is 5.32 Å². The first-order chi connectivity index (χ1) is 9.08. The molecule has 0 spiro atoms. The molecule has 0 saturated carbocycles. The number of hydrogen-bond acceptors (Lipinski definition) is 3. The molecule has 0 radical (unpaired) electrons. The van der Waals surface area contributed by atoms with Crippen molar-refractivity contribution in [3.05, 3.63) is 56.5 Å². The van der Waals surface area contributed by atoms with Crippen LogP contribution in [0.5, 0.6) is 0 Å². The summed E-state index contributed by atoms with van der Waals surface area (Å²) in [5, 5.41) is 4.79. The lowest BCUT2D eigenvalue weighted by atomic mass is 10.2. The smallest absolute Gasteiger partial charge is 0.0724 e. The highest BCUT2D eigenvalue weighted by molar-refractivity contribution is 6.44. The van der Waals surface area contributed by atoms with Crippen molar-refractivity contribution in [3.8, 4) is 0 Å². The van der Waals surface area contributed by atoms with Crippen LogP contribution in [0.2, 0.25) is 15.1 Å². The average molecular weight is 317 g/mol. The van der Waals surface area contributed by atoms with Gasteiger partial charge in [0.05, 0.1) is 21.4 Å². The van der Waals surface area contributed by atoms with Crippen molar-refractivity contribution in [1.29, 1.82) is 0 Å². The van der Waals surface area contributed by atoms with Gasteiger partial charge in [-0.25, -0.2) is 0 Å². The van der Waals surface area contributed by atoms with Gasteiger partial charge in [-0.05, 0) is 19.1 Å². The van der Waals surface area contributed by atoms with Crippen molar-refractivity contribution >= 4 is 34.8 Å². The molecule has 0 aliphatic rings. The van der Waals surface area contributed by atoms with E-state index in [1.54, 1.807) is 24.5 Å². The van der Waals surface area contributed by atoms with Gasteiger partial charge in [0, 0.05) is 36.1 Å². The Hall–Kier alpha value is -0.870. The van der Waals surface area contributed by atoms with Crippen LogP contribution in [-0.4, -0.2) is 9.97 Å². The van der Waals surface area contributed by atoms with Crippen LogP contribution in [0.4, 0.5) is 0 Å². The maximum atomic E-state index is 6.12. The SMILES string of the molecule is Cc1cnc(CNCc2c(Cl)ccc(Cl)c2Cl)cn1. The van der Waals surface area contributed by atoms with E-state index in [1.807, 2.05) is 6.92 Å². The summed E-state index contributed by atoms with van der Waals surface area (Å²) >= 11 is 18.2. The molecule has 1 N–H and O–H groups in total. The van der Waals surface area contributed by atoms with Gasteiger partial charge >= 0.3 is 0 Å². The summed E-state index contributed by atoms with van der Waals surface area (Å²) in [5.41, 5.74) is 2.54. The summed E-state index contributed by atoms with van der Waals surface area (Å²) in [5.74, 6) is 0. The fourth-order valence-corrected chi connectivity index (χ4v) is 2.24. The number of nitrogens with zero attached hydrogens (tertiary/aromatic N) is 2. The van der Waals surface area contributed by atoms with Crippen LogP contribution in [0, 0.1) is 6.92 Å². The van der Waals surface area contributed by atoms with Gasteiger partial charge in [0.25, 0.3) is 0 Å². The van der Waals surface area contributed by atoms with Crippen molar-refractivity contribution < 1.29 is 0 Å². The summed E-state index contributed by atoms with van der Waals surface area (Å²) < 4.78 is 0. The summed E-state index contributed by atoms with van der Waals surface area (Å²) in [6, 6.07) is 3.42. The van der Waals surface area contributed by atoms with E-state index in [4.69, 9.17) is 34.8 Å². The Bertz CT molecular complexity index is 570. The highest BCUT2D eigenvalue weighted by Crippen LogP contribution is 2.31. The Morgan fingerprint density at radius 2 is 1.74 bits per heavy atom. The second-order valence-electron chi connectivity index (χ2n) is 4.07. The Kier molecular flexibility index (Phi) is 4.99. The molecule has 0 amide bonds. The highest BCUT2D eigenvalue weighted by atomic mass is 35.5. The zero-order valence-corrected chi connectivity index (χ0v) is 12.5. The van der Waals surface area contributed by atoms with Crippen molar-refractivity contribution in [1.82, 2.24) is 15.3 Å². The van der Waals surface area contributed by atoms with Crippen molar-refractivity contribution in [2.45, 2.75) is 20.0 Å². The zero-order valence-electron chi connectivity index (χ0n) is 10.3. The van der Waals surface area contributed by atoms with Crippen LogP contribution in [0.25, 0.3) is 0 Å². The molecule has 0 unspecified atom stereocenters. The van der Waals surface area contributed by atoms with Crippen LogP contribution in [-0.2, 0) is 13.1 Å². The molecule has 0 saturated heterocycles. The number of halogens is 3. The van der Waals surface area contributed by atoms with E-state index in [9.17, 15) is 0 Å². The number of aryl methyl sites for hydroxylation is 1. The molecule has 1 aromatic heterocycles. The Balaban J connectivity index is 2.00. The number of benzene rings is 1. The van der Waals surface area contributed by atoms with Gasteiger partial charge in [-0.3, -0.25) is 9.97 Å². The third-order valence-electron chi connectivity index (χ3n) is 2.58. The van der Waals surface area contributed by atoms with Crippen molar-refractivity contribution in [3.63, 3.8) is 0 Å². The van der Waals surface area contributed by atoms with Gasteiger partial charge in [0.15, 0.2) is 0 Å². The minimum Gasteiger partial charge on any atom is -0.307 e. The molecule has 19 heavy (non-hydrogen) atoms. The Morgan fingerprint density at radius 3 is 2.42 bits per heavy atom. The summed E-state index contributed by atoms with van der Waals surface area (Å²) in [7, 11) is 0. The summed E-state index contributed by atoms with van der Waals surface area (Å²) in [6.45, 7) is 3.01. The van der Waals surface area contributed by atoms with Gasteiger partial charge in [-0.2, -0.15) is 0 Å². The molecule has 100 valence electrons. The van der Waals surface area contributed by atoms with Crippen molar-refractivity contribution in [2.24, 2.45) is 0 Å². The topological polar surface area (TPSA) is 37.8 Å². The summed E-state index contributed by atoms with van der Waals surface area (Å²) in [6.07, 6.45) is 3.47. The Labute approximate surface area is 126 Å². The molecule has 0 fully saturated rings. The normalized spacial score (nSPS) is 10.7. The number of aromatic nitrogens is 2. The first kappa shape index (κ1) is 14.5. The Morgan fingerprint density at radius 1 is 1.00 bits per heavy atom. The maximum absolute atomic E-state index is 6.12. The lowest BCUT2D eigenvalue weighted by Crippen LogP contribution is -2.14. The van der Waals surface area contributed by atoms with E-state index in [0.29, 0.717) is 28.2 Å². The molecule has 0 aliphatic carbocycles. The number of rotatable bonds is 4. The lowest BCUT2D eigenvalue weighted by molar-refractivity contribution is 0.676. The first-order valence-electron chi connectivity index (χ1n) is 5.68. The van der Waals surface area contributed by atoms with Gasteiger partial charge in [-0.15, -0.1) is 0 Å². The quantitative estimate of drug-likeness (QED) is 0.865. The minimum atomic E-state index is 0.483. The molecule has 0 atom stereocenters. The molecular formula is C13H12Cl3N3. The number of hydrogen-bond donors (Lipinski definition) is 1. The third-order valence-corrected chi connectivity index (χ3v) is 3.78. The second kappa shape index (κ2) is 6.53. The molecule has 3 nitrogen and oxygen atoms in total. The molecular weight excluding hydrogens is 305 g/mol. The molecule has 1 aromatic carbocycles. The van der Waals surface area contributed by atoms with Crippen LogP contribution >= 0.6 is 34.8 Å². The summed E-state index contributed by atoms with van der Waals surface area (Å²) in [4.78, 5) is 8.43. The van der Waals surface area contributed by atoms with E-state index < -0.39 is 0 Å². The largest absolute Gasteiger partial charge is 0.307 e. The first-order valence-corrected chi connectivity index (χ1v) is 6.82. The van der Waals surface area contributed by atoms with Gasteiger partial charge in [0.2, 0.25) is 0 Å². The fourth-order valence-electron chi connectivity index (χ4n) is 1.56. The second-order valence-corrected chi connectivity index (χ2v) is 5.27. The van der Waals surface area contributed by atoms with E-state index in [2.05, 4.69) is 15.3 Å². The predicted octanol–water partition coefficient (Wildman–Crippen LogP) is 4.04. The van der Waals surface area contributed by atoms with E-state index >= 15 is 0 Å². The lowest BCUT2D eigenvalue weighted by Gasteiger charge is -2.09. The van der Waals surface area contributed by atoms with Gasteiger partial charge in [-0.1, -0.05) is 34.8 Å². The average Bonchev–Trinajstić information content (AvgIpc) is 2.40. The maximum Gasteiger partial charge on any atom is 0.0724 e. The molecule has 0 bridgehead atoms. The highest BCUT2D eigenvalue weighted by Gasteiger charge is 2.09. The van der Waals surface area contributed by atoms with E-state index in [-0.39, 0.29) is 0 Å². The van der Waals surface area contributed by atoms with Crippen molar-refractivity contribution in [2.75, 3.05) is 0 Å². The van der Waals surface area contributed by atoms with Crippen LogP contribution in [0.15, 0.2) is 24.5 Å².